The molecule has 1 rings (SSSR count). The van der Waals surface area contributed by atoms with Crippen LogP contribution >= 0.6 is 0 Å². The van der Waals surface area contributed by atoms with Crippen LogP contribution in [-0.4, -0.2) is 19.1 Å². The number of aryl methyl sites for hydroxylation is 1. The summed E-state index contributed by atoms with van der Waals surface area (Å²) < 4.78 is 5.34. The molecule has 1 unspecified atom stereocenters. The predicted molar refractivity (Wildman–Crippen MR) is 77.3 cm³/mol. The first-order valence-electron chi connectivity index (χ1n) is 6.52. The van der Waals surface area contributed by atoms with Gasteiger partial charge < -0.3 is 15.8 Å². The van der Waals surface area contributed by atoms with E-state index in [9.17, 15) is 4.79 Å². The minimum atomic E-state index is -0.111. The van der Waals surface area contributed by atoms with Crippen LogP contribution < -0.4 is 15.8 Å². The van der Waals surface area contributed by atoms with E-state index >= 15 is 0 Å². The average molecular weight is 264 g/mol. The van der Waals surface area contributed by atoms with Gasteiger partial charge in [-0.25, -0.2) is 0 Å². The van der Waals surface area contributed by atoms with Crippen molar-refractivity contribution in [3.63, 3.8) is 0 Å². The van der Waals surface area contributed by atoms with E-state index in [-0.39, 0.29) is 11.9 Å². The van der Waals surface area contributed by atoms with Crippen molar-refractivity contribution >= 4 is 5.91 Å². The van der Waals surface area contributed by atoms with E-state index in [1.807, 2.05) is 26.8 Å². The first-order valence-corrected chi connectivity index (χ1v) is 6.52. The second kappa shape index (κ2) is 6.57. The van der Waals surface area contributed by atoms with Crippen LogP contribution in [0, 0.1) is 20.8 Å². The van der Waals surface area contributed by atoms with Gasteiger partial charge in [-0.05, 0) is 56.0 Å². The molecule has 4 nitrogen and oxygen atoms in total. The Bertz CT molecular complexity index is 468. The highest BCUT2D eigenvalue weighted by molar-refractivity contribution is 5.76. The third-order valence-electron chi connectivity index (χ3n) is 3.40. The second-order valence-corrected chi connectivity index (χ2v) is 5.08. The van der Waals surface area contributed by atoms with E-state index in [0.29, 0.717) is 13.0 Å². The minimum absolute atomic E-state index is 0.0118. The molecule has 1 aromatic rings. The number of hydrogen-bond acceptors (Lipinski definition) is 3. The number of methoxy groups -OCH3 is 1. The van der Waals surface area contributed by atoms with E-state index in [4.69, 9.17) is 10.5 Å². The summed E-state index contributed by atoms with van der Waals surface area (Å²) in [5.74, 6) is 0.878. The maximum absolute atomic E-state index is 11.6. The van der Waals surface area contributed by atoms with Crippen LogP contribution in [0.2, 0.25) is 0 Å². The Labute approximate surface area is 115 Å². The molecule has 3 N–H and O–H groups in total. The summed E-state index contributed by atoms with van der Waals surface area (Å²) in [6.07, 6.45) is 0.354. The molecule has 0 heterocycles. The van der Waals surface area contributed by atoms with Crippen molar-refractivity contribution in [2.75, 3.05) is 7.11 Å². The van der Waals surface area contributed by atoms with Gasteiger partial charge in [-0.2, -0.15) is 0 Å². The smallest absolute Gasteiger partial charge is 0.221 e. The Hall–Kier alpha value is -1.55. The van der Waals surface area contributed by atoms with Crippen LogP contribution in [-0.2, 0) is 11.3 Å². The van der Waals surface area contributed by atoms with Gasteiger partial charge in [-0.1, -0.05) is 0 Å². The number of carbonyl (C=O) groups excluding carboxylic acids is 1. The number of nitrogens with one attached hydrogen (secondary N) is 1. The highest BCUT2D eigenvalue weighted by Gasteiger charge is 2.12. The minimum Gasteiger partial charge on any atom is -0.496 e. The van der Waals surface area contributed by atoms with E-state index in [1.165, 1.54) is 0 Å². The first-order chi connectivity index (χ1) is 8.86. The zero-order valence-electron chi connectivity index (χ0n) is 12.5. The van der Waals surface area contributed by atoms with Gasteiger partial charge in [0.25, 0.3) is 0 Å². The molecule has 1 aromatic carbocycles. The number of benzene rings is 1. The van der Waals surface area contributed by atoms with Crippen molar-refractivity contribution in [2.45, 2.75) is 46.7 Å². The van der Waals surface area contributed by atoms with E-state index in [2.05, 4.69) is 12.2 Å². The number of rotatable bonds is 5. The number of amides is 1. The third-order valence-corrected chi connectivity index (χ3v) is 3.40. The quantitative estimate of drug-likeness (QED) is 0.854. The molecule has 0 aliphatic rings. The van der Waals surface area contributed by atoms with Crippen LogP contribution in [0.15, 0.2) is 6.07 Å². The molecule has 4 heteroatoms. The summed E-state index contributed by atoms with van der Waals surface area (Å²) in [7, 11) is 1.67. The fraction of sp³-hybridized carbons (Fsp3) is 0.533. The summed E-state index contributed by atoms with van der Waals surface area (Å²) >= 11 is 0. The Morgan fingerprint density at radius 3 is 2.53 bits per heavy atom. The maximum Gasteiger partial charge on any atom is 0.221 e. The summed E-state index contributed by atoms with van der Waals surface area (Å²) in [6, 6.07) is 1.90. The largest absolute Gasteiger partial charge is 0.496 e. The predicted octanol–water partition coefficient (Wildman–Crippen LogP) is 1.97. The van der Waals surface area contributed by atoms with Gasteiger partial charge in [0.1, 0.15) is 5.75 Å². The second-order valence-electron chi connectivity index (χ2n) is 5.08. The van der Waals surface area contributed by atoms with Crippen LogP contribution in [0.3, 0.4) is 0 Å². The van der Waals surface area contributed by atoms with Crippen molar-refractivity contribution in [3.8, 4) is 5.75 Å². The third kappa shape index (κ3) is 3.96. The molecule has 1 atom stereocenters. The van der Waals surface area contributed by atoms with Crippen LogP contribution in [0.25, 0.3) is 0 Å². The van der Waals surface area contributed by atoms with Gasteiger partial charge in [-0.15, -0.1) is 0 Å². The molecule has 0 aromatic heterocycles. The van der Waals surface area contributed by atoms with Crippen molar-refractivity contribution in [1.82, 2.24) is 5.32 Å². The zero-order valence-corrected chi connectivity index (χ0v) is 12.5. The fourth-order valence-corrected chi connectivity index (χ4v) is 2.13. The molecule has 0 spiro atoms. The summed E-state index contributed by atoms with van der Waals surface area (Å²) in [5.41, 5.74) is 10.2. The summed E-state index contributed by atoms with van der Waals surface area (Å²) in [6.45, 7) is 8.47. The Morgan fingerprint density at radius 1 is 1.37 bits per heavy atom. The molecule has 0 radical (unpaired) electrons. The van der Waals surface area contributed by atoms with Crippen LogP contribution in [0.4, 0.5) is 0 Å². The summed E-state index contributed by atoms with van der Waals surface area (Å²) in [5, 5.41) is 2.92. The Balaban J connectivity index is 2.85. The maximum atomic E-state index is 11.6. The lowest BCUT2D eigenvalue weighted by atomic mass is 9.97. The van der Waals surface area contributed by atoms with E-state index < -0.39 is 0 Å². The molecule has 0 aliphatic carbocycles. The van der Waals surface area contributed by atoms with Gasteiger partial charge >= 0.3 is 0 Å². The van der Waals surface area contributed by atoms with Crippen LogP contribution in [0.5, 0.6) is 5.75 Å². The van der Waals surface area contributed by atoms with Gasteiger partial charge in [0.15, 0.2) is 0 Å². The SMILES string of the molecule is COc1cc(C)c(CNC(=O)CC(C)N)c(C)c1C. The lowest BCUT2D eigenvalue weighted by molar-refractivity contribution is -0.121. The van der Waals surface area contributed by atoms with Gasteiger partial charge in [0.2, 0.25) is 5.91 Å². The molecule has 0 bridgehead atoms. The van der Waals surface area contributed by atoms with Crippen molar-refractivity contribution in [2.24, 2.45) is 5.73 Å². The molecule has 106 valence electrons. The van der Waals surface area contributed by atoms with Crippen molar-refractivity contribution in [3.05, 3.63) is 28.3 Å². The lowest BCUT2D eigenvalue weighted by Crippen LogP contribution is -2.30. The zero-order chi connectivity index (χ0) is 14.6. The van der Waals surface area contributed by atoms with Crippen molar-refractivity contribution < 1.29 is 9.53 Å². The monoisotopic (exact) mass is 264 g/mol. The number of carbonyl (C=O) groups is 1. The molecule has 0 aliphatic heterocycles. The topological polar surface area (TPSA) is 64.3 Å². The molecule has 0 fully saturated rings. The molecular weight excluding hydrogens is 240 g/mol. The summed E-state index contributed by atoms with van der Waals surface area (Å²) in [4.78, 5) is 11.6. The first kappa shape index (κ1) is 15.5. The van der Waals surface area contributed by atoms with E-state index in [1.54, 1.807) is 7.11 Å². The van der Waals surface area contributed by atoms with E-state index in [0.717, 1.165) is 28.0 Å². The Kier molecular flexibility index (Phi) is 5.36. The normalized spacial score (nSPS) is 12.1. The standard InChI is InChI=1S/C15H24N2O2/c1-9-6-14(19-5)12(4)11(3)13(9)8-17-15(18)7-10(2)16/h6,10H,7-8,16H2,1-5H3,(H,17,18). The molecular formula is C15H24N2O2. The van der Waals surface area contributed by atoms with Gasteiger partial charge in [-0.3, -0.25) is 4.79 Å². The van der Waals surface area contributed by atoms with Gasteiger partial charge in [0.05, 0.1) is 7.11 Å². The lowest BCUT2D eigenvalue weighted by Gasteiger charge is -2.16. The fourth-order valence-electron chi connectivity index (χ4n) is 2.13. The average Bonchev–Trinajstić information content (AvgIpc) is 2.32. The highest BCUT2D eigenvalue weighted by atomic mass is 16.5. The Morgan fingerprint density at radius 2 is 2.00 bits per heavy atom. The van der Waals surface area contributed by atoms with Gasteiger partial charge in [0, 0.05) is 19.0 Å². The molecule has 1 amide bonds. The number of nitrogens with two attached hydrogens (primary N) is 1. The number of hydrogen-bond donors (Lipinski definition) is 2. The van der Waals surface area contributed by atoms with Crippen LogP contribution in [0.1, 0.15) is 35.6 Å². The molecule has 0 saturated carbocycles. The molecule has 19 heavy (non-hydrogen) atoms. The molecule has 0 saturated heterocycles. The van der Waals surface area contributed by atoms with Crippen molar-refractivity contribution in [1.29, 1.82) is 0 Å². The number of ether oxygens (including phenoxy) is 1. The highest BCUT2D eigenvalue weighted by Crippen LogP contribution is 2.27.